The Morgan fingerprint density at radius 2 is 1.06 bits per heavy atom. The van der Waals surface area contributed by atoms with Crippen LogP contribution in [0.2, 0.25) is 0 Å². The lowest BCUT2D eigenvalue weighted by Crippen LogP contribution is -2.01. The Bertz CT molecular complexity index is 1150. The van der Waals surface area contributed by atoms with Crippen LogP contribution in [0.3, 0.4) is 0 Å². The predicted molar refractivity (Wildman–Crippen MR) is 139 cm³/mol. The molecule has 0 saturated heterocycles. The van der Waals surface area contributed by atoms with Crippen molar-refractivity contribution in [3.05, 3.63) is 72.8 Å². The van der Waals surface area contributed by atoms with E-state index in [2.05, 4.69) is 23.8 Å². The minimum absolute atomic E-state index is 0.120. The monoisotopic (exact) mass is 469 g/mol. The summed E-state index contributed by atoms with van der Waals surface area (Å²) < 4.78 is 11.6. The maximum atomic E-state index is 10.4. The standard InChI is InChI=1S/C29H31N3O3/c1-3-5-19-34-23-15-11-21(12-16-23)27-30-28(22-13-17-24(18-14-22)35-20-6-4-2)32-29(31-27)25-9-7-8-10-26(25)33/h7-18,33H,3-6,19-20H2,1-2H3. The van der Waals surface area contributed by atoms with Gasteiger partial charge in [-0.25, -0.2) is 15.0 Å². The summed E-state index contributed by atoms with van der Waals surface area (Å²) in [5.74, 6) is 3.21. The fourth-order valence-corrected chi connectivity index (χ4v) is 3.49. The van der Waals surface area contributed by atoms with Gasteiger partial charge in [0.15, 0.2) is 17.5 Å². The average molecular weight is 470 g/mol. The van der Waals surface area contributed by atoms with E-state index < -0.39 is 0 Å². The number of nitrogens with zero attached hydrogens (tertiary/aromatic N) is 3. The van der Waals surface area contributed by atoms with Crippen molar-refractivity contribution < 1.29 is 14.6 Å². The maximum absolute atomic E-state index is 10.4. The summed E-state index contributed by atoms with van der Waals surface area (Å²) in [4.78, 5) is 14.1. The number of ether oxygens (including phenoxy) is 2. The number of aromatic nitrogens is 3. The van der Waals surface area contributed by atoms with Crippen LogP contribution in [0.5, 0.6) is 17.2 Å². The van der Waals surface area contributed by atoms with E-state index in [0.29, 0.717) is 36.3 Å². The highest BCUT2D eigenvalue weighted by atomic mass is 16.5. The molecule has 0 saturated carbocycles. The number of hydrogen-bond acceptors (Lipinski definition) is 6. The number of phenolic OH excluding ortho intramolecular Hbond substituents is 1. The molecule has 4 aromatic rings. The molecule has 0 atom stereocenters. The maximum Gasteiger partial charge on any atom is 0.167 e. The van der Waals surface area contributed by atoms with Gasteiger partial charge in [-0.05, 0) is 73.5 Å². The molecule has 180 valence electrons. The largest absolute Gasteiger partial charge is 0.507 e. The number of benzene rings is 3. The molecule has 0 aliphatic heterocycles. The summed E-state index contributed by atoms with van der Waals surface area (Å²) in [5.41, 5.74) is 2.23. The van der Waals surface area contributed by atoms with E-state index in [1.165, 1.54) is 0 Å². The first-order chi connectivity index (χ1) is 17.2. The Kier molecular flexibility index (Phi) is 8.28. The lowest BCUT2D eigenvalue weighted by molar-refractivity contribution is 0.309. The third kappa shape index (κ3) is 6.35. The first-order valence-corrected chi connectivity index (χ1v) is 12.2. The highest BCUT2D eigenvalue weighted by molar-refractivity contribution is 5.69. The molecule has 1 N–H and O–H groups in total. The third-order valence-electron chi connectivity index (χ3n) is 5.54. The lowest BCUT2D eigenvalue weighted by atomic mass is 10.1. The minimum Gasteiger partial charge on any atom is -0.507 e. The molecular weight excluding hydrogens is 438 g/mol. The van der Waals surface area contributed by atoms with Gasteiger partial charge in [0.2, 0.25) is 0 Å². The number of aromatic hydroxyl groups is 1. The van der Waals surface area contributed by atoms with Crippen LogP contribution in [0, 0.1) is 0 Å². The van der Waals surface area contributed by atoms with Crippen LogP contribution in [-0.4, -0.2) is 33.3 Å². The average Bonchev–Trinajstić information content (AvgIpc) is 2.90. The third-order valence-corrected chi connectivity index (χ3v) is 5.54. The molecule has 0 amide bonds. The summed E-state index contributed by atoms with van der Waals surface area (Å²) in [6, 6.07) is 22.5. The molecule has 0 radical (unpaired) electrons. The van der Waals surface area contributed by atoms with Crippen LogP contribution in [-0.2, 0) is 0 Å². The summed E-state index contributed by atoms with van der Waals surface area (Å²) in [7, 11) is 0. The second kappa shape index (κ2) is 12.0. The first-order valence-electron chi connectivity index (χ1n) is 12.2. The fourth-order valence-electron chi connectivity index (χ4n) is 3.49. The summed E-state index contributed by atoms with van der Waals surface area (Å²) in [5, 5.41) is 10.4. The Hall–Kier alpha value is -3.93. The summed E-state index contributed by atoms with van der Waals surface area (Å²) >= 11 is 0. The van der Waals surface area contributed by atoms with Crippen LogP contribution in [0.4, 0.5) is 0 Å². The van der Waals surface area contributed by atoms with Crippen molar-refractivity contribution in [3.8, 4) is 51.4 Å². The Labute approximate surface area is 206 Å². The van der Waals surface area contributed by atoms with Crippen molar-refractivity contribution in [1.82, 2.24) is 15.0 Å². The summed E-state index contributed by atoms with van der Waals surface area (Å²) in [6.45, 7) is 5.67. The predicted octanol–water partition coefficient (Wildman–Crippen LogP) is 6.94. The SMILES string of the molecule is CCCCOc1ccc(-c2nc(-c3ccc(OCCCC)cc3)nc(-c3ccccc3O)n2)cc1. The van der Waals surface area contributed by atoms with Gasteiger partial charge < -0.3 is 14.6 Å². The number of unbranched alkanes of at least 4 members (excludes halogenated alkanes) is 2. The van der Waals surface area contributed by atoms with Crippen molar-refractivity contribution in [1.29, 1.82) is 0 Å². The van der Waals surface area contributed by atoms with E-state index in [-0.39, 0.29) is 5.75 Å². The zero-order valence-corrected chi connectivity index (χ0v) is 20.3. The van der Waals surface area contributed by atoms with Crippen LogP contribution in [0.15, 0.2) is 72.8 Å². The highest BCUT2D eigenvalue weighted by Crippen LogP contribution is 2.30. The molecule has 0 bridgehead atoms. The van der Waals surface area contributed by atoms with Gasteiger partial charge in [-0.1, -0.05) is 38.8 Å². The Morgan fingerprint density at radius 3 is 1.51 bits per heavy atom. The molecule has 35 heavy (non-hydrogen) atoms. The van der Waals surface area contributed by atoms with Crippen molar-refractivity contribution in [3.63, 3.8) is 0 Å². The van der Waals surface area contributed by atoms with Crippen molar-refractivity contribution in [2.45, 2.75) is 39.5 Å². The van der Waals surface area contributed by atoms with E-state index in [1.807, 2.05) is 54.6 Å². The smallest absolute Gasteiger partial charge is 0.167 e. The molecular formula is C29H31N3O3. The molecule has 0 fully saturated rings. The number of hydrogen-bond donors (Lipinski definition) is 1. The molecule has 6 heteroatoms. The van der Waals surface area contributed by atoms with Gasteiger partial charge in [0.25, 0.3) is 0 Å². The lowest BCUT2D eigenvalue weighted by Gasteiger charge is -2.11. The fraction of sp³-hybridized carbons (Fsp3) is 0.276. The topological polar surface area (TPSA) is 77.4 Å². The zero-order chi connectivity index (χ0) is 24.5. The van der Waals surface area contributed by atoms with Crippen LogP contribution < -0.4 is 9.47 Å². The van der Waals surface area contributed by atoms with Gasteiger partial charge in [-0.15, -0.1) is 0 Å². The minimum atomic E-state index is 0.120. The molecule has 0 unspecified atom stereocenters. The van der Waals surface area contributed by atoms with Gasteiger partial charge >= 0.3 is 0 Å². The molecule has 1 aromatic heterocycles. The number of phenols is 1. The van der Waals surface area contributed by atoms with Crippen LogP contribution in [0.25, 0.3) is 34.2 Å². The second-order valence-corrected chi connectivity index (χ2v) is 8.28. The number of rotatable bonds is 11. The molecule has 0 spiro atoms. The summed E-state index contributed by atoms with van der Waals surface area (Å²) in [6.07, 6.45) is 4.22. The molecule has 3 aromatic carbocycles. The normalized spacial score (nSPS) is 10.8. The quantitative estimate of drug-likeness (QED) is 0.240. The molecule has 0 aliphatic rings. The van der Waals surface area contributed by atoms with E-state index in [1.54, 1.807) is 18.2 Å². The number of para-hydroxylation sites is 1. The first kappa shape index (κ1) is 24.2. The Morgan fingerprint density at radius 1 is 0.600 bits per heavy atom. The zero-order valence-electron chi connectivity index (χ0n) is 20.3. The van der Waals surface area contributed by atoms with Crippen molar-refractivity contribution >= 4 is 0 Å². The van der Waals surface area contributed by atoms with Gasteiger partial charge in [0, 0.05) is 11.1 Å². The van der Waals surface area contributed by atoms with E-state index in [0.717, 1.165) is 48.3 Å². The van der Waals surface area contributed by atoms with Crippen LogP contribution in [0.1, 0.15) is 39.5 Å². The van der Waals surface area contributed by atoms with Gasteiger partial charge in [-0.2, -0.15) is 0 Å². The highest BCUT2D eigenvalue weighted by Gasteiger charge is 2.14. The molecule has 6 nitrogen and oxygen atoms in total. The molecule has 1 heterocycles. The van der Waals surface area contributed by atoms with Gasteiger partial charge in [-0.3, -0.25) is 0 Å². The Balaban J connectivity index is 1.68. The molecule has 0 aliphatic carbocycles. The van der Waals surface area contributed by atoms with Gasteiger partial charge in [0.1, 0.15) is 17.2 Å². The van der Waals surface area contributed by atoms with Crippen molar-refractivity contribution in [2.24, 2.45) is 0 Å². The van der Waals surface area contributed by atoms with E-state index in [9.17, 15) is 5.11 Å². The second-order valence-electron chi connectivity index (χ2n) is 8.28. The van der Waals surface area contributed by atoms with Gasteiger partial charge in [0.05, 0.1) is 18.8 Å². The van der Waals surface area contributed by atoms with E-state index in [4.69, 9.17) is 14.5 Å². The van der Waals surface area contributed by atoms with E-state index >= 15 is 0 Å². The van der Waals surface area contributed by atoms with Crippen molar-refractivity contribution in [2.75, 3.05) is 13.2 Å². The molecule has 4 rings (SSSR count). The van der Waals surface area contributed by atoms with Crippen LogP contribution >= 0.6 is 0 Å².